The molecule has 1 aromatic heterocycles. The predicted molar refractivity (Wildman–Crippen MR) is 124 cm³/mol. The summed E-state index contributed by atoms with van der Waals surface area (Å²) in [5.74, 6) is -0.710. The van der Waals surface area contributed by atoms with Crippen molar-refractivity contribution in [1.29, 1.82) is 0 Å². The van der Waals surface area contributed by atoms with Crippen molar-refractivity contribution in [3.63, 3.8) is 0 Å². The van der Waals surface area contributed by atoms with E-state index in [0.29, 0.717) is 17.7 Å². The van der Waals surface area contributed by atoms with E-state index in [0.717, 1.165) is 37.1 Å². The Hall–Kier alpha value is -3.32. The van der Waals surface area contributed by atoms with E-state index in [-0.39, 0.29) is 17.7 Å². The molecule has 3 heterocycles. The van der Waals surface area contributed by atoms with Crippen LogP contribution < -0.4 is 15.5 Å². The zero-order valence-corrected chi connectivity index (χ0v) is 18.1. The van der Waals surface area contributed by atoms with E-state index < -0.39 is 11.6 Å². The predicted octanol–water partition coefficient (Wildman–Crippen LogP) is 5.05. The first-order chi connectivity index (χ1) is 15.5. The molecule has 0 radical (unpaired) electrons. The summed E-state index contributed by atoms with van der Waals surface area (Å²) >= 11 is 0. The van der Waals surface area contributed by atoms with Crippen LogP contribution in [0.5, 0.6) is 0 Å². The molecule has 5 nitrogen and oxygen atoms in total. The van der Waals surface area contributed by atoms with E-state index in [9.17, 15) is 8.78 Å². The third-order valence-corrected chi connectivity index (χ3v) is 5.99. The van der Waals surface area contributed by atoms with Gasteiger partial charge in [0.05, 0.1) is 6.20 Å². The van der Waals surface area contributed by atoms with Gasteiger partial charge in [0.1, 0.15) is 11.5 Å². The Labute approximate surface area is 186 Å². The molecule has 2 aliphatic rings. The molecule has 2 N–H and O–H groups in total. The molecule has 0 spiro atoms. The van der Waals surface area contributed by atoms with Gasteiger partial charge in [-0.1, -0.05) is 18.2 Å². The van der Waals surface area contributed by atoms with Gasteiger partial charge in [0.25, 0.3) is 0 Å². The quantitative estimate of drug-likeness (QED) is 0.603. The minimum absolute atomic E-state index is 0.0737. The number of nitrogens with zero attached hydrogens (tertiary/aromatic N) is 3. The molecule has 164 valence electrons. The number of aromatic nitrogens is 2. The summed E-state index contributed by atoms with van der Waals surface area (Å²) in [4.78, 5) is 10.6. The summed E-state index contributed by atoms with van der Waals surface area (Å²) in [5.41, 5.74) is 5.12. The lowest BCUT2D eigenvalue weighted by atomic mass is 10.0. The molecule has 7 heteroatoms. The van der Waals surface area contributed by atoms with Crippen LogP contribution in [-0.2, 0) is 13.0 Å². The molecule has 32 heavy (non-hydrogen) atoms. The minimum Gasteiger partial charge on any atom is -0.365 e. The van der Waals surface area contributed by atoms with Crippen LogP contribution >= 0.6 is 0 Å². The third-order valence-electron chi connectivity index (χ3n) is 5.99. The fourth-order valence-electron chi connectivity index (χ4n) is 4.33. The van der Waals surface area contributed by atoms with Crippen LogP contribution in [-0.4, -0.2) is 29.1 Å². The number of halogens is 2. The fourth-order valence-corrected chi connectivity index (χ4v) is 4.33. The number of benzene rings is 2. The van der Waals surface area contributed by atoms with Gasteiger partial charge in [-0.25, -0.2) is 18.7 Å². The van der Waals surface area contributed by atoms with Gasteiger partial charge in [-0.3, -0.25) is 0 Å². The Bertz CT molecular complexity index is 1210. The van der Waals surface area contributed by atoms with Crippen LogP contribution in [0.25, 0.3) is 17.3 Å². The summed E-state index contributed by atoms with van der Waals surface area (Å²) in [7, 11) is 0. The van der Waals surface area contributed by atoms with Gasteiger partial charge >= 0.3 is 0 Å². The summed E-state index contributed by atoms with van der Waals surface area (Å²) in [6.45, 7) is 6.59. The van der Waals surface area contributed by atoms with E-state index >= 15 is 0 Å². The van der Waals surface area contributed by atoms with E-state index in [4.69, 9.17) is 0 Å². The highest BCUT2D eigenvalue weighted by Gasteiger charge is 2.22. The Balaban J connectivity index is 1.50. The maximum Gasteiger partial charge on any atom is 0.227 e. The van der Waals surface area contributed by atoms with Gasteiger partial charge in [-0.05, 0) is 62.2 Å². The van der Waals surface area contributed by atoms with Crippen molar-refractivity contribution >= 4 is 23.4 Å². The van der Waals surface area contributed by atoms with Crippen LogP contribution in [0, 0.1) is 11.6 Å². The van der Waals surface area contributed by atoms with Gasteiger partial charge < -0.3 is 15.5 Å². The molecule has 0 aliphatic carbocycles. The van der Waals surface area contributed by atoms with Crippen LogP contribution in [0.4, 0.5) is 26.1 Å². The standard InChI is InChI=1S/C25H25F2N5/c1-15(2)32-9-3-4-20-21(26)11-18(12-23(20)32)24-22(27)14-29-25(31-24)30-19-6-5-17-13-28-8-7-16(17)10-19/h3-6,10-12,14-15,28H,7-9,13H2,1-2H3,(H,29,30,31). The molecule has 3 aromatic rings. The van der Waals surface area contributed by atoms with Gasteiger partial charge in [0.15, 0.2) is 5.82 Å². The normalized spacial score (nSPS) is 15.0. The third kappa shape index (κ3) is 3.84. The molecule has 0 bridgehead atoms. The van der Waals surface area contributed by atoms with Gasteiger partial charge in [0.2, 0.25) is 5.95 Å². The molecular formula is C25H25F2N5. The van der Waals surface area contributed by atoms with Crippen molar-refractivity contribution in [2.24, 2.45) is 0 Å². The first-order valence-corrected chi connectivity index (χ1v) is 10.9. The maximum atomic E-state index is 14.9. The van der Waals surface area contributed by atoms with Crippen molar-refractivity contribution in [1.82, 2.24) is 15.3 Å². The van der Waals surface area contributed by atoms with E-state index in [1.165, 1.54) is 17.2 Å². The number of rotatable bonds is 4. The summed E-state index contributed by atoms with van der Waals surface area (Å²) in [6.07, 6.45) is 5.80. The van der Waals surface area contributed by atoms with E-state index in [2.05, 4.69) is 51.5 Å². The number of anilines is 3. The van der Waals surface area contributed by atoms with Crippen molar-refractivity contribution in [3.05, 3.63) is 70.9 Å². The number of hydrogen-bond acceptors (Lipinski definition) is 5. The second-order valence-corrected chi connectivity index (χ2v) is 8.46. The minimum atomic E-state index is -0.589. The summed E-state index contributed by atoms with van der Waals surface area (Å²) in [5, 5.41) is 6.52. The van der Waals surface area contributed by atoms with E-state index in [1.807, 2.05) is 18.2 Å². The zero-order chi connectivity index (χ0) is 22.2. The molecule has 2 aliphatic heterocycles. The summed E-state index contributed by atoms with van der Waals surface area (Å²) < 4.78 is 29.7. The van der Waals surface area contributed by atoms with E-state index in [1.54, 1.807) is 6.08 Å². The smallest absolute Gasteiger partial charge is 0.227 e. The maximum absolute atomic E-state index is 14.9. The first kappa shape index (κ1) is 20.6. The molecular weight excluding hydrogens is 408 g/mol. The Morgan fingerprint density at radius 2 is 1.97 bits per heavy atom. The lowest BCUT2D eigenvalue weighted by molar-refractivity contribution is 0.614. The average Bonchev–Trinajstić information content (AvgIpc) is 2.79. The average molecular weight is 434 g/mol. The van der Waals surface area contributed by atoms with Gasteiger partial charge in [-0.2, -0.15) is 0 Å². The fraction of sp³-hybridized carbons (Fsp3) is 0.280. The molecule has 0 fully saturated rings. The first-order valence-electron chi connectivity index (χ1n) is 10.9. The van der Waals surface area contributed by atoms with Crippen LogP contribution in [0.1, 0.15) is 30.5 Å². The Morgan fingerprint density at radius 1 is 1.09 bits per heavy atom. The van der Waals surface area contributed by atoms with Crippen LogP contribution in [0.2, 0.25) is 0 Å². The lowest BCUT2D eigenvalue weighted by Gasteiger charge is -2.32. The number of fused-ring (bicyclic) bond motifs is 2. The lowest BCUT2D eigenvalue weighted by Crippen LogP contribution is -2.33. The van der Waals surface area contributed by atoms with Crippen molar-refractivity contribution in [2.75, 3.05) is 23.3 Å². The highest BCUT2D eigenvalue weighted by atomic mass is 19.1. The SMILES string of the molecule is CC(C)N1CC=Cc2c(F)cc(-c3nc(Nc4ccc5c(c4)CCNC5)ncc3F)cc21. The van der Waals surface area contributed by atoms with Gasteiger partial charge in [0, 0.05) is 41.6 Å². The molecule has 5 rings (SSSR count). The zero-order valence-electron chi connectivity index (χ0n) is 18.1. The van der Waals surface area contributed by atoms with Gasteiger partial charge in [-0.15, -0.1) is 0 Å². The Morgan fingerprint density at radius 3 is 2.81 bits per heavy atom. The summed E-state index contributed by atoms with van der Waals surface area (Å²) in [6, 6.07) is 9.44. The second-order valence-electron chi connectivity index (χ2n) is 8.46. The number of nitrogens with one attached hydrogen (secondary N) is 2. The highest BCUT2D eigenvalue weighted by Crippen LogP contribution is 2.35. The molecule has 0 atom stereocenters. The highest BCUT2D eigenvalue weighted by molar-refractivity contribution is 5.78. The Kier molecular flexibility index (Phi) is 5.35. The van der Waals surface area contributed by atoms with Crippen molar-refractivity contribution in [3.8, 4) is 11.3 Å². The molecule has 0 unspecified atom stereocenters. The largest absolute Gasteiger partial charge is 0.365 e. The number of hydrogen-bond donors (Lipinski definition) is 2. The van der Waals surface area contributed by atoms with Crippen LogP contribution in [0.3, 0.4) is 0 Å². The molecule has 0 saturated heterocycles. The molecule has 0 amide bonds. The molecule has 2 aromatic carbocycles. The monoisotopic (exact) mass is 433 g/mol. The molecule has 0 saturated carbocycles. The van der Waals surface area contributed by atoms with Crippen molar-refractivity contribution in [2.45, 2.75) is 32.9 Å². The topological polar surface area (TPSA) is 53.1 Å². The van der Waals surface area contributed by atoms with Crippen LogP contribution in [0.15, 0.2) is 42.6 Å². The second kappa shape index (κ2) is 8.31. The van der Waals surface area contributed by atoms with Crippen molar-refractivity contribution < 1.29 is 8.78 Å².